The standard InChI is InChI=1S/C15H22N2O3/c1-10-5-6-11(12(18)9-10)17-13(19)7-8-16-14(20)15(2,3)4/h5-6,9,18H,7-8H2,1-4H3,(H,16,20)(H,17,19). The van der Waals surface area contributed by atoms with Gasteiger partial charge in [0, 0.05) is 18.4 Å². The highest BCUT2D eigenvalue weighted by atomic mass is 16.3. The number of phenolic OH excluding ortho intramolecular Hbond substituents is 1. The SMILES string of the molecule is Cc1ccc(NC(=O)CCNC(=O)C(C)(C)C)c(O)c1. The Labute approximate surface area is 119 Å². The molecule has 110 valence electrons. The van der Waals surface area contributed by atoms with Gasteiger partial charge in [0.15, 0.2) is 0 Å². The number of anilines is 1. The first-order valence-electron chi connectivity index (χ1n) is 6.58. The monoisotopic (exact) mass is 278 g/mol. The number of hydrogen-bond acceptors (Lipinski definition) is 3. The van der Waals surface area contributed by atoms with Crippen LogP contribution in [0.3, 0.4) is 0 Å². The van der Waals surface area contributed by atoms with E-state index in [9.17, 15) is 14.7 Å². The average molecular weight is 278 g/mol. The normalized spacial score (nSPS) is 11.0. The van der Waals surface area contributed by atoms with Gasteiger partial charge in [0.25, 0.3) is 0 Å². The molecule has 0 aliphatic heterocycles. The van der Waals surface area contributed by atoms with Crippen LogP contribution in [-0.2, 0) is 9.59 Å². The lowest BCUT2D eigenvalue weighted by Crippen LogP contribution is -2.36. The molecule has 0 heterocycles. The van der Waals surface area contributed by atoms with E-state index in [1.165, 1.54) is 0 Å². The van der Waals surface area contributed by atoms with Crippen molar-refractivity contribution in [1.29, 1.82) is 0 Å². The lowest BCUT2D eigenvalue weighted by atomic mass is 9.96. The van der Waals surface area contributed by atoms with Crippen molar-refractivity contribution >= 4 is 17.5 Å². The number of nitrogens with one attached hydrogen (secondary N) is 2. The van der Waals surface area contributed by atoms with Gasteiger partial charge in [-0.05, 0) is 24.6 Å². The van der Waals surface area contributed by atoms with Gasteiger partial charge >= 0.3 is 0 Å². The second kappa shape index (κ2) is 6.41. The zero-order valence-corrected chi connectivity index (χ0v) is 12.4. The molecule has 1 aromatic carbocycles. The molecule has 1 rings (SSSR count). The number of hydrogen-bond donors (Lipinski definition) is 3. The fourth-order valence-electron chi connectivity index (χ4n) is 1.51. The lowest BCUT2D eigenvalue weighted by molar-refractivity contribution is -0.128. The van der Waals surface area contributed by atoms with Gasteiger partial charge in [0.2, 0.25) is 11.8 Å². The quantitative estimate of drug-likeness (QED) is 0.739. The largest absolute Gasteiger partial charge is 0.506 e. The van der Waals surface area contributed by atoms with Crippen molar-refractivity contribution in [2.45, 2.75) is 34.1 Å². The van der Waals surface area contributed by atoms with Gasteiger partial charge in [-0.1, -0.05) is 26.8 Å². The van der Waals surface area contributed by atoms with Crippen LogP contribution in [0.2, 0.25) is 0 Å². The molecule has 0 saturated carbocycles. The molecule has 0 aliphatic rings. The maximum atomic E-state index is 11.7. The number of aryl methyl sites for hydroxylation is 1. The second-order valence-electron chi connectivity index (χ2n) is 5.82. The molecular formula is C15H22N2O3. The second-order valence-corrected chi connectivity index (χ2v) is 5.82. The minimum atomic E-state index is -0.467. The van der Waals surface area contributed by atoms with Crippen molar-refractivity contribution < 1.29 is 14.7 Å². The number of benzene rings is 1. The number of carbonyl (C=O) groups is 2. The highest BCUT2D eigenvalue weighted by molar-refractivity contribution is 5.92. The molecule has 1 aromatic rings. The minimum Gasteiger partial charge on any atom is -0.506 e. The molecule has 0 radical (unpaired) electrons. The summed E-state index contributed by atoms with van der Waals surface area (Å²) in [7, 11) is 0. The summed E-state index contributed by atoms with van der Waals surface area (Å²) >= 11 is 0. The lowest BCUT2D eigenvalue weighted by Gasteiger charge is -2.17. The molecule has 0 fully saturated rings. The van der Waals surface area contributed by atoms with Crippen LogP contribution in [-0.4, -0.2) is 23.5 Å². The first kappa shape index (κ1) is 16.0. The Kier molecular flexibility index (Phi) is 5.13. The molecule has 0 atom stereocenters. The molecule has 0 bridgehead atoms. The molecule has 5 heteroatoms. The topological polar surface area (TPSA) is 78.4 Å². The number of rotatable bonds is 4. The predicted octanol–water partition coefficient (Wildman–Crippen LogP) is 2.19. The molecule has 20 heavy (non-hydrogen) atoms. The van der Waals surface area contributed by atoms with E-state index in [0.29, 0.717) is 5.69 Å². The zero-order valence-electron chi connectivity index (χ0n) is 12.4. The van der Waals surface area contributed by atoms with Crippen LogP contribution in [0.5, 0.6) is 5.75 Å². The van der Waals surface area contributed by atoms with Crippen molar-refractivity contribution in [3.8, 4) is 5.75 Å². The fourth-order valence-corrected chi connectivity index (χ4v) is 1.51. The molecule has 0 saturated heterocycles. The van der Waals surface area contributed by atoms with Gasteiger partial charge in [0.1, 0.15) is 5.75 Å². The van der Waals surface area contributed by atoms with Gasteiger partial charge in [-0.25, -0.2) is 0 Å². The van der Waals surface area contributed by atoms with Crippen LogP contribution < -0.4 is 10.6 Å². The Hall–Kier alpha value is -2.04. The van der Waals surface area contributed by atoms with E-state index >= 15 is 0 Å². The summed E-state index contributed by atoms with van der Waals surface area (Å²) in [6.07, 6.45) is 0.162. The third-order valence-corrected chi connectivity index (χ3v) is 2.75. The van der Waals surface area contributed by atoms with Crippen molar-refractivity contribution in [2.24, 2.45) is 5.41 Å². The predicted molar refractivity (Wildman–Crippen MR) is 78.6 cm³/mol. The van der Waals surface area contributed by atoms with Crippen LogP contribution in [0.15, 0.2) is 18.2 Å². The molecule has 2 amide bonds. The van der Waals surface area contributed by atoms with Crippen molar-refractivity contribution in [2.75, 3.05) is 11.9 Å². The number of carbonyl (C=O) groups excluding carboxylic acids is 2. The Bertz CT molecular complexity index is 504. The molecule has 3 N–H and O–H groups in total. The maximum Gasteiger partial charge on any atom is 0.226 e. The Morgan fingerprint density at radius 3 is 2.45 bits per heavy atom. The van der Waals surface area contributed by atoms with Gasteiger partial charge in [-0.3, -0.25) is 9.59 Å². The van der Waals surface area contributed by atoms with E-state index in [-0.39, 0.29) is 30.5 Å². The molecule has 0 aromatic heterocycles. The summed E-state index contributed by atoms with van der Waals surface area (Å²) in [6.45, 7) is 7.56. The summed E-state index contributed by atoms with van der Waals surface area (Å²) in [4.78, 5) is 23.3. The van der Waals surface area contributed by atoms with E-state index in [1.54, 1.807) is 18.2 Å². The van der Waals surface area contributed by atoms with Crippen LogP contribution in [0.4, 0.5) is 5.69 Å². The molecular weight excluding hydrogens is 256 g/mol. The van der Waals surface area contributed by atoms with E-state index in [4.69, 9.17) is 0 Å². The van der Waals surface area contributed by atoms with Crippen LogP contribution in [0.25, 0.3) is 0 Å². The summed E-state index contributed by atoms with van der Waals surface area (Å²) in [5.41, 5.74) is 0.826. The fraction of sp³-hybridized carbons (Fsp3) is 0.467. The summed E-state index contributed by atoms with van der Waals surface area (Å²) in [5.74, 6) is -0.307. The van der Waals surface area contributed by atoms with Gasteiger partial charge in [-0.15, -0.1) is 0 Å². The zero-order chi connectivity index (χ0) is 15.3. The van der Waals surface area contributed by atoms with E-state index < -0.39 is 5.41 Å². The smallest absolute Gasteiger partial charge is 0.226 e. The average Bonchev–Trinajstić information content (AvgIpc) is 2.31. The Morgan fingerprint density at radius 1 is 1.25 bits per heavy atom. The first-order chi connectivity index (χ1) is 9.20. The van der Waals surface area contributed by atoms with Crippen LogP contribution >= 0.6 is 0 Å². The first-order valence-corrected chi connectivity index (χ1v) is 6.58. The maximum absolute atomic E-state index is 11.7. The highest BCUT2D eigenvalue weighted by Crippen LogP contribution is 2.23. The summed E-state index contributed by atoms with van der Waals surface area (Å²) < 4.78 is 0. The summed E-state index contributed by atoms with van der Waals surface area (Å²) in [5, 5.41) is 15.0. The number of phenols is 1. The van der Waals surface area contributed by atoms with Crippen molar-refractivity contribution in [3.63, 3.8) is 0 Å². The molecule has 0 unspecified atom stereocenters. The minimum absolute atomic E-state index is 0.0390. The van der Waals surface area contributed by atoms with E-state index in [0.717, 1.165) is 5.56 Å². The third kappa shape index (κ3) is 4.91. The van der Waals surface area contributed by atoms with Crippen LogP contribution in [0, 0.1) is 12.3 Å². The van der Waals surface area contributed by atoms with Crippen LogP contribution in [0.1, 0.15) is 32.8 Å². The van der Waals surface area contributed by atoms with Crippen molar-refractivity contribution in [3.05, 3.63) is 23.8 Å². The van der Waals surface area contributed by atoms with E-state index in [2.05, 4.69) is 10.6 Å². The Balaban J connectivity index is 2.43. The van der Waals surface area contributed by atoms with Gasteiger partial charge in [0.05, 0.1) is 5.69 Å². The molecule has 0 aliphatic carbocycles. The van der Waals surface area contributed by atoms with Gasteiger partial charge < -0.3 is 15.7 Å². The number of amides is 2. The third-order valence-electron chi connectivity index (χ3n) is 2.75. The van der Waals surface area contributed by atoms with Crippen molar-refractivity contribution in [1.82, 2.24) is 5.32 Å². The van der Waals surface area contributed by atoms with Gasteiger partial charge in [-0.2, -0.15) is 0 Å². The van der Waals surface area contributed by atoms with E-state index in [1.807, 2.05) is 27.7 Å². The number of aromatic hydroxyl groups is 1. The molecule has 0 spiro atoms. The Morgan fingerprint density at radius 2 is 1.90 bits per heavy atom. The molecule has 5 nitrogen and oxygen atoms in total. The summed E-state index contributed by atoms with van der Waals surface area (Å²) in [6, 6.07) is 5.03. The highest BCUT2D eigenvalue weighted by Gasteiger charge is 2.20.